The number of nitro groups is 1. The van der Waals surface area contributed by atoms with E-state index in [1.807, 2.05) is 19.1 Å². The molecule has 2 heterocycles. The first-order valence-electron chi connectivity index (χ1n) is 14.3. The summed E-state index contributed by atoms with van der Waals surface area (Å²) in [4.78, 5) is 23.9. The van der Waals surface area contributed by atoms with E-state index in [0.29, 0.717) is 5.69 Å². The Morgan fingerprint density at radius 3 is 2.47 bits per heavy atom. The van der Waals surface area contributed by atoms with Gasteiger partial charge in [-0.25, -0.2) is 8.42 Å². The summed E-state index contributed by atoms with van der Waals surface area (Å²) in [5.74, 6) is -1.01. The number of sulfonamides is 1. The highest BCUT2D eigenvalue weighted by Gasteiger charge is 2.33. The molecule has 0 radical (unpaired) electrons. The topological polar surface area (TPSA) is 146 Å². The first-order valence-corrected chi connectivity index (χ1v) is 15.8. The molecule has 1 aliphatic rings. The number of rotatable bonds is 9. The van der Waals surface area contributed by atoms with E-state index in [2.05, 4.69) is 10.4 Å². The fraction of sp³-hybridized carbons (Fsp3) is 0.290. The highest BCUT2D eigenvalue weighted by atomic mass is 32.2. The Morgan fingerprint density at radius 1 is 1.06 bits per heavy atom. The van der Waals surface area contributed by atoms with Crippen molar-refractivity contribution >= 4 is 21.6 Å². The fourth-order valence-corrected chi connectivity index (χ4v) is 6.52. The van der Waals surface area contributed by atoms with Crippen LogP contribution in [0.4, 0.5) is 18.9 Å². The molecule has 0 unspecified atom stereocenters. The molecule has 1 aromatic heterocycles. The van der Waals surface area contributed by atoms with Crippen LogP contribution in [0.25, 0.3) is 5.69 Å². The van der Waals surface area contributed by atoms with Crippen molar-refractivity contribution in [3.8, 4) is 17.3 Å². The van der Waals surface area contributed by atoms with Crippen LogP contribution in [0.1, 0.15) is 38.3 Å². The molecule has 1 fully saturated rings. The lowest BCUT2D eigenvalue weighted by Gasteiger charge is -2.26. The van der Waals surface area contributed by atoms with Crippen LogP contribution in [0.2, 0.25) is 0 Å². The Morgan fingerprint density at radius 2 is 1.79 bits per heavy atom. The molecule has 0 atom stereocenters. The summed E-state index contributed by atoms with van der Waals surface area (Å²) >= 11 is 0. The standard InChI is InChI=1S/C31H30F3N5O7S/c1-19-7-8-20(2)25(15-19)38-30(21(3)28(36-38)29(40)35-18-22-5-4-6-23(16-22)31(32,33)34)46-26-10-9-24(39(41)42)17-27(26)47(43,44)37-11-13-45-14-12-37/h4-10,15-17H,11-14,18H2,1-3H3,(H,35,40). The number of non-ortho nitro benzene ring substituents is 1. The zero-order valence-electron chi connectivity index (χ0n) is 25.5. The van der Waals surface area contributed by atoms with E-state index in [1.54, 1.807) is 13.0 Å². The first-order chi connectivity index (χ1) is 22.2. The Kier molecular flexibility index (Phi) is 9.38. The second-order valence-electron chi connectivity index (χ2n) is 10.9. The van der Waals surface area contributed by atoms with Gasteiger partial charge in [0.05, 0.1) is 29.4 Å². The highest BCUT2D eigenvalue weighted by Crippen LogP contribution is 2.38. The van der Waals surface area contributed by atoms with Crippen molar-refractivity contribution in [2.45, 2.75) is 38.4 Å². The second-order valence-corrected chi connectivity index (χ2v) is 12.8. The Hall–Kier alpha value is -4.80. The monoisotopic (exact) mass is 673 g/mol. The normalized spacial score (nSPS) is 14.2. The molecular weight excluding hydrogens is 643 g/mol. The zero-order valence-corrected chi connectivity index (χ0v) is 26.3. The molecule has 1 aliphatic heterocycles. The smallest absolute Gasteiger partial charge is 0.416 e. The van der Waals surface area contributed by atoms with E-state index in [0.717, 1.165) is 39.7 Å². The molecule has 3 aromatic carbocycles. The molecule has 0 spiro atoms. The van der Waals surface area contributed by atoms with E-state index in [4.69, 9.17) is 9.47 Å². The highest BCUT2D eigenvalue weighted by molar-refractivity contribution is 7.89. The van der Waals surface area contributed by atoms with Gasteiger partial charge < -0.3 is 14.8 Å². The minimum absolute atomic E-state index is 0.0279. The number of nitrogens with zero attached hydrogens (tertiary/aromatic N) is 4. The molecule has 0 bridgehead atoms. The van der Waals surface area contributed by atoms with Gasteiger partial charge >= 0.3 is 6.18 Å². The van der Waals surface area contributed by atoms with Gasteiger partial charge in [0.2, 0.25) is 15.9 Å². The van der Waals surface area contributed by atoms with Crippen molar-refractivity contribution in [3.63, 3.8) is 0 Å². The van der Waals surface area contributed by atoms with Crippen molar-refractivity contribution < 1.29 is 40.8 Å². The fourth-order valence-electron chi connectivity index (χ4n) is 4.98. The van der Waals surface area contributed by atoms with Crippen molar-refractivity contribution in [1.29, 1.82) is 0 Å². The van der Waals surface area contributed by atoms with Crippen molar-refractivity contribution in [2.75, 3.05) is 26.3 Å². The Balaban J connectivity index is 1.58. The van der Waals surface area contributed by atoms with E-state index in [9.17, 15) is 36.5 Å². The van der Waals surface area contributed by atoms with Gasteiger partial charge in [-0.1, -0.05) is 24.3 Å². The number of nitro benzene ring substituents is 1. The lowest BCUT2D eigenvalue weighted by atomic mass is 10.1. The number of benzene rings is 3. The van der Waals surface area contributed by atoms with Crippen molar-refractivity contribution in [2.24, 2.45) is 0 Å². The summed E-state index contributed by atoms with van der Waals surface area (Å²) in [5.41, 5.74) is 0.988. The SMILES string of the molecule is Cc1ccc(C)c(-n2nc(C(=O)NCc3cccc(C(F)(F)F)c3)c(C)c2Oc2ccc([N+](=O)[O-])cc2S(=O)(=O)N2CCOCC2)c1. The van der Waals surface area contributed by atoms with Gasteiger partial charge in [-0.05, 0) is 61.7 Å². The summed E-state index contributed by atoms with van der Waals surface area (Å²) in [5, 5.41) is 18.7. The number of aromatic nitrogens is 2. The number of ether oxygens (including phenoxy) is 2. The number of hydrogen-bond acceptors (Lipinski definition) is 8. The summed E-state index contributed by atoms with van der Waals surface area (Å²) in [6.07, 6.45) is -4.56. The molecule has 248 valence electrons. The van der Waals surface area contributed by atoms with Crippen LogP contribution in [0.15, 0.2) is 65.6 Å². The maximum absolute atomic E-state index is 13.7. The number of aryl methyl sites for hydroxylation is 2. The average Bonchev–Trinajstić information content (AvgIpc) is 3.36. The van der Waals surface area contributed by atoms with Crippen LogP contribution in [-0.4, -0.2) is 59.6 Å². The number of morpholine rings is 1. The minimum atomic E-state index is -4.56. The Labute approximate surface area is 267 Å². The number of alkyl halides is 3. The average molecular weight is 674 g/mol. The van der Waals surface area contributed by atoms with Gasteiger partial charge in [-0.3, -0.25) is 14.9 Å². The largest absolute Gasteiger partial charge is 0.437 e. The summed E-state index contributed by atoms with van der Waals surface area (Å²) in [7, 11) is -4.30. The maximum atomic E-state index is 13.7. The van der Waals surface area contributed by atoms with Crippen LogP contribution in [-0.2, 0) is 27.5 Å². The number of nitrogens with one attached hydrogen (secondary N) is 1. The summed E-state index contributed by atoms with van der Waals surface area (Å²) < 4.78 is 81.1. The minimum Gasteiger partial charge on any atom is -0.437 e. The third kappa shape index (κ3) is 7.13. The lowest BCUT2D eigenvalue weighted by molar-refractivity contribution is -0.385. The molecule has 4 aromatic rings. The van der Waals surface area contributed by atoms with Gasteiger partial charge in [0.15, 0.2) is 5.69 Å². The zero-order chi connectivity index (χ0) is 34.1. The number of carbonyl (C=O) groups is 1. The molecular formula is C31H30F3N5O7S. The maximum Gasteiger partial charge on any atom is 0.416 e. The van der Waals surface area contributed by atoms with Gasteiger partial charge in [0.1, 0.15) is 10.6 Å². The molecule has 5 rings (SSSR count). The van der Waals surface area contributed by atoms with Gasteiger partial charge in [-0.2, -0.15) is 27.3 Å². The number of amides is 1. The Bertz CT molecular complexity index is 1960. The molecule has 16 heteroatoms. The van der Waals surface area contributed by atoms with E-state index >= 15 is 0 Å². The molecule has 12 nitrogen and oxygen atoms in total. The van der Waals surface area contributed by atoms with E-state index < -0.39 is 43.2 Å². The van der Waals surface area contributed by atoms with Gasteiger partial charge in [-0.15, -0.1) is 0 Å². The molecule has 0 saturated carbocycles. The predicted molar refractivity (Wildman–Crippen MR) is 163 cm³/mol. The number of halogens is 3. The molecule has 1 amide bonds. The molecule has 0 aliphatic carbocycles. The van der Waals surface area contributed by atoms with Crippen LogP contribution in [0.3, 0.4) is 0 Å². The third-order valence-electron chi connectivity index (χ3n) is 7.52. The molecule has 47 heavy (non-hydrogen) atoms. The predicted octanol–water partition coefficient (Wildman–Crippen LogP) is 5.47. The first kappa shape index (κ1) is 33.6. The molecule has 1 N–H and O–H groups in total. The van der Waals surface area contributed by atoms with Crippen LogP contribution in [0, 0.1) is 30.9 Å². The quantitative estimate of drug-likeness (QED) is 0.182. The number of hydrogen-bond donors (Lipinski definition) is 1. The second kappa shape index (κ2) is 13.1. The summed E-state index contributed by atoms with van der Waals surface area (Å²) in [6.45, 7) is 5.25. The lowest BCUT2D eigenvalue weighted by Crippen LogP contribution is -2.40. The van der Waals surface area contributed by atoms with E-state index in [1.165, 1.54) is 29.8 Å². The number of carbonyl (C=O) groups excluding carboxylic acids is 1. The van der Waals surface area contributed by atoms with Crippen molar-refractivity contribution in [1.82, 2.24) is 19.4 Å². The molecule has 1 saturated heterocycles. The van der Waals surface area contributed by atoms with Gasteiger partial charge in [0.25, 0.3) is 11.6 Å². The van der Waals surface area contributed by atoms with E-state index in [-0.39, 0.29) is 61.3 Å². The van der Waals surface area contributed by atoms with Crippen LogP contribution < -0.4 is 10.1 Å². The van der Waals surface area contributed by atoms with Crippen LogP contribution in [0.5, 0.6) is 11.6 Å². The van der Waals surface area contributed by atoms with Crippen molar-refractivity contribution in [3.05, 3.63) is 104 Å². The van der Waals surface area contributed by atoms with Crippen LogP contribution >= 0.6 is 0 Å². The van der Waals surface area contributed by atoms with Gasteiger partial charge in [0, 0.05) is 37.3 Å². The third-order valence-corrected chi connectivity index (χ3v) is 9.44. The summed E-state index contributed by atoms with van der Waals surface area (Å²) in [6, 6.07) is 13.2.